The maximum absolute atomic E-state index is 12.6. The number of carbonyl (C=O) groups is 2. The number of amides is 2. The van der Waals surface area contributed by atoms with E-state index in [4.69, 9.17) is 0 Å². The molecular weight excluding hydrogens is 380 g/mol. The van der Waals surface area contributed by atoms with E-state index in [0.29, 0.717) is 10.9 Å². The van der Waals surface area contributed by atoms with Crippen molar-refractivity contribution in [2.75, 3.05) is 18.9 Å². The lowest BCUT2D eigenvalue weighted by Gasteiger charge is -2.18. The van der Waals surface area contributed by atoms with Crippen molar-refractivity contribution < 1.29 is 9.59 Å². The highest BCUT2D eigenvalue weighted by Crippen LogP contribution is 2.17. The Kier molecular flexibility index (Phi) is 6.30. The zero-order valence-corrected chi connectivity index (χ0v) is 17.7. The third-order valence-electron chi connectivity index (χ3n) is 5.31. The fraction of sp³-hybridized carbons (Fsp3) is 0.304. The number of hydrogen-bond acceptors (Lipinski definition) is 4. The molecule has 7 nitrogen and oxygen atoms in total. The van der Waals surface area contributed by atoms with Crippen molar-refractivity contribution in [3.05, 3.63) is 69.8 Å². The molecule has 1 N–H and O–H groups in total. The fourth-order valence-corrected chi connectivity index (χ4v) is 3.28. The predicted octanol–water partition coefficient (Wildman–Crippen LogP) is 2.81. The van der Waals surface area contributed by atoms with Gasteiger partial charge in [-0.15, -0.1) is 0 Å². The molecule has 2 aromatic carbocycles. The van der Waals surface area contributed by atoms with Crippen molar-refractivity contribution in [1.29, 1.82) is 0 Å². The largest absolute Gasteiger partial charge is 0.336 e. The average molecular weight is 406 g/mol. The molecule has 0 aliphatic carbocycles. The van der Waals surface area contributed by atoms with Gasteiger partial charge in [-0.25, -0.2) is 4.98 Å². The highest BCUT2D eigenvalue weighted by molar-refractivity contribution is 5.95. The van der Waals surface area contributed by atoms with Crippen LogP contribution in [0.3, 0.4) is 0 Å². The number of anilines is 1. The first-order valence-corrected chi connectivity index (χ1v) is 9.82. The summed E-state index contributed by atoms with van der Waals surface area (Å²) in [5, 5.41) is 3.38. The van der Waals surface area contributed by atoms with Crippen LogP contribution in [0.5, 0.6) is 0 Å². The molecule has 30 heavy (non-hydrogen) atoms. The maximum Gasteiger partial charge on any atom is 0.261 e. The molecule has 3 rings (SSSR count). The summed E-state index contributed by atoms with van der Waals surface area (Å²) in [4.78, 5) is 43.1. The lowest BCUT2D eigenvalue weighted by Crippen LogP contribution is -2.36. The van der Waals surface area contributed by atoms with Crippen LogP contribution in [0.25, 0.3) is 10.9 Å². The molecule has 3 aromatic rings. The molecule has 0 saturated carbocycles. The van der Waals surface area contributed by atoms with E-state index in [1.54, 1.807) is 13.1 Å². The number of fused-ring (bicyclic) bond motifs is 1. The smallest absolute Gasteiger partial charge is 0.261 e. The molecular formula is C23H26N4O3. The van der Waals surface area contributed by atoms with E-state index in [0.717, 1.165) is 22.4 Å². The van der Waals surface area contributed by atoms with Gasteiger partial charge in [0.2, 0.25) is 11.8 Å². The molecule has 0 aliphatic rings. The predicted molar refractivity (Wildman–Crippen MR) is 118 cm³/mol. The topological polar surface area (TPSA) is 84.3 Å². The van der Waals surface area contributed by atoms with Gasteiger partial charge in [0.1, 0.15) is 0 Å². The van der Waals surface area contributed by atoms with Gasteiger partial charge in [0, 0.05) is 25.7 Å². The second-order valence-corrected chi connectivity index (χ2v) is 7.51. The summed E-state index contributed by atoms with van der Waals surface area (Å²) in [6.45, 7) is 5.97. The summed E-state index contributed by atoms with van der Waals surface area (Å²) in [5.41, 5.74) is 4.25. The zero-order valence-electron chi connectivity index (χ0n) is 17.7. The summed E-state index contributed by atoms with van der Waals surface area (Å²) >= 11 is 0. The van der Waals surface area contributed by atoms with Gasteiger partial charge in [-0.3, -0.25) is 19.0 Å². The van der Waals surface area contributed by atoms with Crippen molar-refractivity contribution in [2.45, 2.75) is 33.7 Å². The van der Waals surface area contributed by atoms with Crippen LogP contribution >= 0.6 is 0 Å². The summed E-state index contributed by atoms with van der Waals surface area (Å²) in [5.74, 6) is -0.484. The summed E-state index contributed by atoms with van der Waals surface area (Å²) in [7, 11) is 1.58. The maximum atomic E-state index is 12.6. The number of nitrogens with zero attached hydrogens (tertiary/aromatic N) is 3. The Labute approximate surface area is 175 Å². The van der Waals surface area contributed by atoms with Crippen molar-refractivity contribution in [3.8, 4) is 0 Å². The lowest BCUT2D eigenvalue weighted by atomic mass is 10.1. The molecule has 1 heterocycles. The molecule has 0 fully saturated rings. The van der Waals surface area contributed by atoms with Crippen molar-refractivity contribution >= 4 is 28.4 Å². The van der Waals surface area contributed by atoms with Crippen LogP contribution in [0.1, 0.15) is 23.1 Å². The monoisotopic (exact) mass is 406 g/mol. The van der Waals surface area contributed by atoms with E-state index in [2.05, 4.69) is 10.3 Å². The minimum absolute atomic E-state index is 0.0592. The van der Waals surface area contributed by atoms with Crippen LogP contribution in [0.2, 0.25) is 0 Å². The third-order valence-corrected chi connectivity index (χ3v) is 5.31. The van der Waals surface area contributed by atoms with E-state index in [9.17, 15) is 14.4 Å². The van der Waals surface area contributed by atoms with E-state index in [1.807, 2.05) is 51.1 Å². The van der Waals surface area contributed by atoms with Crippen molar-refractivity contribution in [3.63, 3.8) is 0 Å². The van der Waals surface area contributed by atoms with E-state index in [1.165, 1.54) is 15.8 Å². The molecule has 0 atom stereocenters. The third kappa shape index (κ3) is 4.56. The number of likely N-dealkylation sites (N-methyl/N-ethyl adjacent to an activating group) is 1. The molecule has 1 aromatic heterocycles. The second-order valence-electron chi connectivity index (χ2n) is 7.51. The van der Waals surface area contributed by atoms with Crippen LogP contribution in [0.4, 0.5) is 5.69 Å². The van der Waals surface area contributed by atoms with Gasteiger partial charge in [0.25, 0.3) is 5.56 Å². The number of aromatic nitrogens is 2. The normalized spacial score (nSPS) is 10.8. The first-order chi connectivity index (χ1) is 14.3. The van der Waals surface area contributed by atoms with E-state index < -0.39 is 0 Å². The number of benzene rings is 2. The Morgan fingerprint density at radius 2 is 1.77 bits per heavy atom. The Morgan fingerprint density at radius 1 is 1.07 bits per heavy atom. The minimum atomic E-state index is -0.264. The van der Waals surface area contributed by atoms with Crippen molar-refractivity contribution in [2.24, 2.45) is 0 Å². The Morgan fingerprint density at radius 3 is 2.53 bits per heavy atom. The molecule has 0 radical (unpaired) electrons. The average Bonchev–Trinajstić information content (AvgIpc) is 2.71. The lowest BCUT2D eigenvalue weighted by molar-refractivity contribution is -0.133. The minimum Gasteiger partial charge on any atom is -0.336 e. The van der Waals surface area contributed by atoms with E-state index >= 15 is 0 Å². The number of aryl methyl sites for hydroxylation is 3. The van der Waals surface area contributed by atoms with Crippen molar-refractivity contribution in [1.82, 2.24) is 14.5 Å². The highest BCUT2D eigenvalue weighted by atomic mass is 16.2. The Balaban J connectivity index is 1.60. The molecule has 2 amide bonds. The number of hydrogen-bond donors (Lipinski definition) is 1. The first-order valence-electron chi connectivity index (χ1n) is 9.82. The summed E-state index contributed by atoms with van der Waals surface area (Å²) < 4.78 is 1.43. The second kappa shape index (κ2) is 8.90. The van der Waals surface area contributed by atoms with Gasteiger partial charge in [0.05, 0.1) is 23.8 Å². The zero-order chi connectivity index (χ0) is 21.8. The molecule has 0 bridgehead atoms. The molecule has 7 heteroatoms. The van der Waals surface area contributed by atoms with Crippen LogP contribution in [0, 0.1) is 20.8 Å². The standard InChI is InChI=1S/C23H26N4O3/c1-15-7-6-10-19(17(15)3)25-20(28)13-26(4)21(29)11-12-27-14-24-22-16(2)8-5-9-18(22)23(27)30/h5-10,14H,11-13H2,1-4H3,(H,25,28). The quantitative estimate of drug-likeness (QED) is 0.682. The molecule has 0 aliphatic heterocycles. The number of carbonyl (C=O) groups excluding carboxylic acids is 2. The summed E-state index contributed by atoms with van der Waals surface area (Å²) in [6.07, 6.45) is 1.57. The van der Waals surface area contributed by atoms with Crippen LogP contribution < -0.4 is 10.9 Å². The van der Waals surface area contributed by atoms with Gasteiger partial charge in [-0.05, 0) is 49.6 Å². The van der Waals surface area contributed by atoms with Crippen LogP contribution in [0.15, 0.2) is 47.5 Å². The van der Waals surface area contributed by atoms with Crippen LogP contribution in [-0.4, -0.2) is 39.9 Å². The molecule has 0 spiro atoms. The number of rotatable bonds is 6. The van der Waals surface area contributed by atoms with Crippen LogP contribution in [-0.2, 0) is 16.1 Å². The van der Waals surface area contributed by atoms with E-state index in [-0.39, 0.29) is 36.9 Å². The van der Waals surface area contributed by atoms with Gasteiger partial charge < -0.3 is 10.2 Å². The summed E-state index contributed by atoms with van der Waals surface area (Å²) in [6, 6.07) is 11.2. The van der Waals surface area contributed by atoms with Gasteiger partial charge in [0.15, 0.2) is 0 Å². The molecule has 0 saturated heterocycles. The number of para-hydroxylation sites is 1. The van der Waals surface area contributed by atoms with Gasteiger partial charge >= 0.3 is 0 Å². The first kappa shape index (κ1) is 21.2. The van der Waals surface area contributed by atoms with Gasteiger partial charge in [-0.1, -0.05) is 24.3 Å². The highest BCUT2D eigenvalue weighted by Gasteiger charge is 2.15. The SMILES string of the molecule is Cc1cccc(NC(=O)CN(C)C(=O)CCn2cnc3c(C)cccc3c2=O)c1C. The molecule has 0 unspecified atom stereocenters. The molecule has 156 valence electrons. The van der Waals surface area contributed by atoms with Gasteiger partial charge in [-0.2, -0.15) is 0 Å². The number of nitrogens with one attached hydrogen (secondary N) is 1. The fourth-order valence-electron chi connectivity index (χ4n) is 3.28. The Hall–Kier alpha value is -3.48. The Bertz CT molecular complexity index is 1170.